The van der Waals surface area contributed by atoms with E-state index < -0.39 is 0 Å². The highest BCUT2D eigenvalue weighted by Gasteiger charge is 2.27. The van der Waals surface area contributed by atoms with Gasteiger partial charge in [0.25, 0.3) is 0 Å². The molecule has 0 spiro atoms. The second-order valence-electron chi connectivity index (χ2n) is 8.20. The van der Waals surface area contributed by atoms with Crippen LogP contribution in [0.25, 0.3) is 0 Å². The van der Waals surface area contributed by atoms with Crippen LogP contribution in [0, 0.1) is 5.92 Å². The third-order valence-electron chi connectivity index (χ3n) is 5.58. The molecular weight excluding hydrogens is 455 g/mol. The summed E-state index contributed by atoms with van der Waals surface area (Å²) in [5.74, 6) is 1.57. The molecule has 6 nitrogen and oxygen atoms in total. The summed E-state index contributed by atoms with van der Waals surface area (Å²) in [5, 5.41) is 6.90. The van der Waals surface area contributed by atoms with Crippen molar-refractivity contribution in [3.05, 3.63) is 0 Å². The number of hydrogen-bond acceptors (Lipinski definition) is 4. The molecule has 0 aromatic rings. The van der Waals surface area contributed by atoms with Crippen molar-refractivity contribution in [2.45, 2.75) is 57.9 Å². The van der Waals surface area contributed by atoms with Crippen LogP contribution in [-0.4, -0.2) is 76.1 Å². The van der Waals surface area contributed by atoms with Crippen LogP contribution in [0.4, 0.5) is 0 Å². The van der Waals surface area contributed by atoms with Gasteiger partial charge in [-0.3, -0.25) is 9.89 Å². The summed E-state index contributed by atoms with van der Waals surface area (Å²) in [6.45, 7) is 12.3. The number of likely N-dealkylation sites (tertiary alicyclic amines) is 1. The van der Waals surface area contributed by atoms with Crippen molar-refractivity contribution in [1.29, 1.82) is 0 Å². The Balaban J connectivity index is 0.00000364. The molecule has 2 N–H and O–H groups in total. The average Bonchev–Trinajstić information content (AvgIpc) is 2.68. The first-order valence-electron chi connectivity index (χ1n) is 10.5. The van der Waals surface area contributed by atoms with Gasteiger partial charge in [-0.2, -0.15) is 0 Å². The highest BCUT2D eigenvalue weighted by atomic mass is 127. The number of halogens is 1. The van der Waals surface area contributed by atoms with Crippen LogP contribution in [0.3, 0.4) is 0 Å². The van der Waals surface area contributed by atoms with E-state index in [0.29, 0.717) is 5.92 Å². The van der Waals surface area contributed by atoms with E-state index in [9.17, 15) is 0 Å². The van der Waals surface area contributed by atoms with Gasteiger partial charge in [-0.25, -0.2) is 0 Å². The Morgan fingerprint density at radius 3 is 2.52 bits per heavy atom. The zero-order chi connectivity index (χ0) is 18.7. The molecule has 2 aliphatic rings. The molecule has 0 unspecified atom stereocenters. The molecule has 0 aromatic carbocycles. The Kier molecular flexibility index (Phi) is 12.9. The molecule has 2 saturated heterocycles. The second kappa shape index (κ2) is 14.0. The van der Waals surface area contributed by atoms with Crippen molar-refractivity contribution in [2.24, 2.45) is 10.9 Å². The Labute approximate surface area is 183 Å². The molecule has 0 aliphatic carbocycles. The summed E-state index contributed by atoms with van der Waals surface area (Å²) >= 11 is 0. The molecule has 2 aliphatic heterocycles. The largest absolute Gasteiger partial charge is 0.381 e. The number of nitrogens with zero attached hydrogens (tertiary/aromatic N) is 2. The number of aliphatic imine (C=N–C) groups is 1. The minimum Gasteiger partial charge on any atom is -0.381 e. The Morgan fingerprint density at radius 2 is 1.85 bits per heavy atom. The second-order valence-corrected chi connectivity index (χ2v) is 8.20. The number of guanidine groups is 1. The third-order valence-corrected chi connectivity index (χ3v) is 5.58. The molecular formula is C20H41IN4O2. The predicted molar refractivity (Wildman–Crippen MR) is 123 cm³/mol. The van der Waals surface area contributed by atoms with Crippen molar-refractivity contribution in [3.63, 3.8) is 0 Å². The van der Waals surface area contributed by atoms with Gasteiger partial charge in [0.1, 0.15) is 0 Å². The van der Waals surface area contributed by atoms with E-state index in [1.165, 1.54) is 32.4 Å². The summed E-state index contributed by atoms with van der Waals surface area (Å²) in [5.41, 5.74) is 0.158. The number of hydrogen-bond donors (Lipinski definition) is 2. The summed E-state index contributed by atoms with van der Waals surface area (Å²) in [6, 6.07) is 0. The van der Waals surface area contributed by atoms with Gasteiger partial charge < -0.3 is 20.1 Å². The molecule has 0 bridgehead atoms. The van der Waals surface area contributed by atoms with Crippen molar-refractivity contribution in [2.75, 3.05) is 59.7 Å². The van der Waals surface area contributed by atoms with Crippen LogP contribution in [0.2, 0.25) is 0 Å². The van der Waals surface area contributed by atoms with Crippen LogP contribution >= 0.6 is 24.0 Å². The lowest BCUT2D eigenvalue weighted by Crippen LogP contribution is -2.54. The molecule has 0 radical (unpaired) electrons. The predicted octanol–water partition coefficient (Wildman–Crippen LogP) is 2.87. The molecule has 27 heavy (non-hydrogen) atoms. The standard InChI is InChI=1S/C20H40N4O2.HI/c1-20(2,24-11-5-4-6-12-24)17-23-19(21-3)22-10-7-13-26-16-18-8-14-25-15-9-18;/h18H,4-17H2,1-3H3,(H2,21,22,23);1H. The molecule has 2 fully saturated rings. The summed E-state index contributed by atoms with van der Waals surface area (Å²) in [4.78, 5) is 6.95. The van der Waals surface area contributed by atoms with Gasteiger partial charge in [0.05, 0.1) is 0 Å². The summed E-state index contributed by atoms with van der Waals surface area (Å²) in [6.07, 6.45) is 7.30. The van der Waals surface area contributed by atoms with Crippen LogP contribution in [-0.2, 0) is 9.47 Å². The number of piperidine rings is 1. The average molecular weight is 496 g/mol. The minimum absolute atomic E-state index is 0. The highest BCUT2D eigenvalue weighted by Crippen LogP contribution is 2.19. The Morgan fingerprint density at radius 1 is 1.15 bits per heavy atom. The topological polar surface area (TPSA) is 58.1 Å². The van der Waals surface area contributed by atoms with Crippen LogP contribution < -0.4 is 10.6 Å². The van der Waals surface area contributed by atoms with Gasteiger partial charge >= 0.3 is 0 Å². The van der Waals surface area contributed by atoms with Gasteiger partial charge in [-0.05, 0) is 65.0 Å². The number of ether oxygens (including phenoxy) is 2. The SMILES string of the molecule is CN=C(NCCCOCC1CCOCC1)NCC(C)(C)N1CCCCC1.I. The van der Waals surface area contributed by atoms with Crippen LogP contribution in [0.5, 0.6) is 0 Å². The lowest BCUT2D eigenvalue weighted by atomic mass is 9.98. The smallest absolute Gasteiger partial charge is 0.191 e. The number of nitrogens with one attached hydrogen (secondary N) is 2. The molecule has 0 aromatic heterocycles. The van der Waals surface area contributed by atoms with Crippen molar-refractivity contribution in [3.8, 4) is 0 Å². The normalized spacial score (nSPS) is 20.2. The molecule has 0 saturated carbocycles. The summed E-state index contributed by atoms with van der Waals surface area (Å²) < 4.78 is 11.2. The van der Waals surface area contributed by atoms with E-state index in [1.54, 1.807) is 0 Å². The minimum atomic E-state index is 0. The van der Waals surface area contributed by atoms with E-state index in [2.05, 4.69) is 34.4 Å². The fraction of sp³-hybridized carbons (Fsp3) is 0.950. The van der Waals surface area contributed by atoms with E-state index in [0.717, 1.165) is 64.7 Å². The van der Waals surface area contributed by atoms with Crippen molar-refractivity contribution >= 4 is 29.9 Å². The van der Waals surface area contributed by atoms with E-state index in [1.807, 2.05) is 7.05 Å². The van der Waals surface area contributed by atoms with Gasteiger partial charge in [-0.1, -0.05) is 6.42 Å². The van der Waals surface area contributed by atoms with Gasteiger partial charge in [0, 0.05) is 52.1 Å². The first-order valence-corrected chi connectivity index (χ1v) is 10.5. The highest BCUT2D eigenvalue weighted by molar-refractivity contribution is 14.0. The molecule has 2 heterocycles. The van der Waals surface area contributed by atoms with Crippen molar-refractivity contribution < 1.29 is 9.47 Å². The van der Waals surface area contributed by atoms with Crippen LogP contribution in [0.1, 0.15) is 52.4 Å². The summed E-state index contributed by atoms with van der Waals surface area (Å²) in [7, 11) is 1.84. The lowest BCUT2D eigenvalue weighted by Gasteiger charge is -2.41. The molecule has 160 valence electrons. The third kappa shape index (κ3) is 9.76. The van der Waals surface area contributed by atoms with Crippen LogP contribution in [0.15, 0.2) is 4.99 Å². The molecule has 0 atom stereocenters. The molecule has 7 heteroatoms. The van der Waals surface area contributed by atoms with Crippen molar-refractivity contribution in [1.82, 2.24) is 15.5 Å². The maximum absolute atomic E-state index is 5.82. The van der Waals surface area contributed by atoms with E-state index in [4.69, 9.17) is 9.47 Å². The first kappa shape index (κ1) is 24.9. The zero-order valence-electron chi connectivity index (χ0n) is 17.6. The van der Waals surface area contributed by atoms with Gasteiger partial charge in [0.15, 0.2) is 5.96 Å². The quantitative estimate of drug-likeness (QED) is 0.223. The Hall–Kier alpha value is -0.120. The van der Waals surface area contributed by atoms with Gasteiger partial charge in [-0.15, -0.1) is 24.0 Å². The zero-order valence-corrected chi connectivity index (χ0v) is 19.9. The van der Waals surface area contributed by atoms with E-state index in [-0.39, 0.29) is 29.5 Å². The fourth-order valence-electron chi connectivity index (χ4n) is 3.68. The molecule has 2 rings (SSSR count). The van der Waals surface area contributed by atoms with E-state index >= 15 is 0 Å². The monoisotopic (exact) mass is 496 g/mol. The number of rotatable bonds is 9. The molecule has 0 amide bonds. The lowest BCUT2D eigenvalue weighted by molar-refractivity contribution is 0.0203. The van der Waals surface area contributed by atoms with Gasteiger partial charge in [0.2, 0.25) is 0 Å². The fourth-order valence-corrected chi connectivity index (χ4v) is 3.68. The Bertz CT molecular complexity index is 409. The first-order chi connectivity index (χ1) is 12.6. The maximum Gasteiger partial charge on any atom is 0.191 e. The maximum atomic E-state index is 5.82.